The number of carbonyl (C=O) groups excluding carboxylic acids is 2. The van der Waals surface area contributed by atoms with E-state index in [0.29, 0.717) is 17.3 Å². The van der Waals surface area contributed by atoms with Crippen LogP contribution in [0.5, 0.6) is 0 Å². The Balaban J connectivity index is 2.29. The zero-order chi connectivity index (χ0) is 18.2. The third-order valence-corrected chi connectivity index (χ3v) is 4.73. The smallest absolute Gasteiger partial charge is 0.341 e. The third kappa shape index (κ3) is 4.96. The minimum atomic E-state index is -0.714. The number of aromatic nitrogens is 3. The van der Waals surface area contributed by atoms with Gasteiger partial charge in [-0.1, -0.05) is 55.4 Å². The number of carbonyl (C=O) groups is 2. The lowest BCUT2D eigenvalue weighted by Gasteiger charge is -2.16. The molecule has 0 saturated heterocycles. The zero-order valence-corrected chi connectivity index (χ0v) is 14.9. The minimum absolute atomic E-state index is 0.311. The van der Waals surface area contributed by atoms with Crippen molar-refractivity contribution in [1.29, 1.82) is 0 Å². The number of thioether (sulfide) groups is 1. The molecule has 2 aromatic rings. The molecule has 0 aliphatic rings. The number of urea groups is 1. The maximum Gasteiger partial charge on any atom is 0.343 e. The Kier molecular flexibility index (Phi) is 6.81. The summed E-state index contributed by atoms with van der Waals surface area (Å²) in [4.78, 5) is 35.9. The lowest BCUT2D eigenvalue weighted by Crippen LogP contribution is -2.39. The van der Waals surface area contributed by atoms with Crippen LogP contribution < -0.4 is 16.3 Å². The van der Waals surface area contributed by atoms with Gasteiger partial charge in [-0.05, 0) is 12.0 Å². The first-order chi connectivity index (χ1) is 12.1. The van der Waals surface area contributed by atoms with Gasteiger partial charge >= 0.3 is 11.7 Å². The number of unbranched alkanes of at least 4 members (excludes halogenated alkanes) is 1. The Hall–Kier alpha value is -2.55. The van der Waals surface area contributed by atoms with E-state index < -0.39 is 17.2 Å². The molecule has 9 heteroatoms. The summed E-state index contributed by atoms with van der Waals surface area (Å²) < 4.78 is 1.51. The largest absolute Gasteiger partial charge is 0.343 e. The molecule has 2 rings (SSSR count). The predicted molar refractivity (Wildman–Crippen MR) is 95.4 cm³/mol. The van der Waals surface area contributed by atoms with Crippen molar-refractivity contribution in [3.63, 3.8) is 0 Å². The Labute approximate surface area is 149 Å². The van der Waals surface area contributed by atoms with Gasteiger partial charge in [0.25, 0.3) is 0 Å². The topological polar surface area (TPSA) is 109 Å². The Morgan fingerprint density at radius 2 is 2.04 bits per heavy atom. The molecule has 1 aromatic carbocycles. The van der Waals surface area contributed by atoms with E-state index in [0.717, 1.165) is 24.6 Å². The highest BCUT2D eigenvalue weighted by Gasteiger charge is 2.26. The molecule has 1 atom stereocenters. The molecule has 0 unspecified atom stereocenters. The van der Waals surface area contributed by atoms with Gasteiger partial charge in [-0.3, -0.25) is 14.7 Å². The van der Waals surface area contributed by atoms with Crippen LogP contribution in [0.15, 0.2) is 40.3 Å². The Morgan fingerprint density at radius 3 is 2.68 bits per heavy atom. The second kappa shape index (κ2) is 9.07. The van der Waals surface area contributed by atoms with Gasteiger partial charge in [0, 0.05) is 13.6 Å². The van der Waals surface area contributed by atoms with Crippen LogP contribution in [0.3, 0.4) is 0 Å². The molecule has 0 aliphatic carbocycles. The van der Waals surface area contributed by atoms with Crippen molar-refractivity contribution in [2.75, 3.05) is 7.05 Å². The second-order valence-electron chi connectivity index (χ2n) is 5.29. The number of nitrogens with one attached hydrogen (secondary N) is 3. The first-order valence-electron chi connectivity index (χ1n) is 7.96. The fourth-order valence-corrected chi connectivity index (χ4v) is 3.22. The average molecular weight is 363 g/mol. The van der Waals surface area contributed by atoms with Crippen molar-refractivity contribution in [2.45, 2.75) is 36.7 Å². The third-order valence-electron chi connectivity index (χ3n) is 3.49. The van der Waals surface area contributed by atoms with Crippen LogP contribution in [0.25, 0.3) is 0 Å². The van der Waals surface area contributed by atoms with E-state index in [1.54, 1.807) is 12.1 Å². The van der Waals surface area contributed by atoms with Crippen molar-refractivity contribution in [3.8, 4) is 0 Å². The van der Waals surface area contributed by atoms with Crippen molar-refractivity contribution in [2.24, 2.45) is 0 Å². The monoisotopic (exact) mass is 363 g/mol. The normalized spacial score (nSPS) is 11.8. The van der Waals surface area contributed by atoms with Crippen LogP contribution in [0.4, 0.5) is 4.79 Å². The lowest BCUT2D eigenvalue weighted by molar-refractivity contribution is -0.119. The van der Waals surface area contributed by atoms with Gasteiger partial charge in [-0.25, -0.2) is 14.7 Å². The number of rotatable bonds is 7. The van der Waals surface area contributed by atoms with Crippen LogP contribution >= 0.6 is 11.8 Å². The molecule has 3 amide bonds. The van der Waals surface area contributed by atoms with E-state index in [1.807, 2.05) is 25.1 Å². The molecule has 0 aliphatic heterocycles. The summed E-state index contributed by atoms with van der Waals surface area (Å²) in [5.74, 6) is -0.479. The van der Waals surface area contributed by atoms with Crippen LogP contribution in [0.2, 0.25) is 0 Å². The number of amides is 3. The summed E-state index contributed by atoms with van der Waals surface area (Å²) >= 11 is 1.13. The molecule has 3 N–H and O–H groups in total. The van der Waals surface area contributed by atoms with E-state index in [-0.39, 0.29) is 5.69 Å². The fraction of sp³-hybridized carbons (Fsp3) is 0.375. The highest BCUT2D eigenvalue weighted by Crippen LogP contribution is 2.33. The van der Waals surface area contributed by atoms with E-state index in [4.69, 9.17) is 0 Å². The maximum absolute atomic E-state index is 12.5. The number of aromatic amines is 1. The lowest BCUT2D eigenvalue weighted by atomic mass is 10.1. The number of nitrogens with zero attached hydrogens (tertiary/aromatic N) is 2. The SMILES string of the molecule is CCCCn1c(S[C@H](C(=O)NC(=O)NC)c2ccccc2)n[nH]c1=O. The number of H-pyrrole nitrogens is 1. The Morgan fingerprint density at radius 1 is 1.32 bits per heavy atom. The van der Waals surface area contributed by atoms with Crippen molar-refractivity contribution in [3.05, 3.63) is 46.4 Å². The van der Waals surface area contributed by atoms with Crippen molar-refractivity contribution >= 4 is 23.7 Å². The molecule has 25 heavy (non-hydrogen) atoms. The molecular formula is C16H21N5O3S. The minimum Gasteiger partial charge on any atom is -0.341 e. The number of benzene rings is 1. The maximum atomic E-state index is 12.5. The number of hydrogen-bond donors (Lipinski definition) is 3. The second-order valence-corrected chi connectivity index (χ2v) is 6.37. The van der Waals surface area contributed by atoms with Crippen LogP contribution in [0, 0.1) is 0 Å². The highest BCUT2D eigenvalue weighted by atomic mass is 32.2. The van der Waals surface area contributed by atoms with E-state index in [1.165, 1.54) is 11.6 Å². The first-order valence-corrected chi connectivity index (χ1v) is 8.84. The van der Waals surface area contributed by atoms with Gasteiger partial charge in [0.15, 0.2) is 5.16 Å². The molecule has 0 fully saturated rings. The van der Waals surface area contributed by atoms with Crippen LogP contribution in [0.1, 0.15) is 30.6 Å². The summed E-state index contributed by atoms with van der Waals surface area (Å²) in [6.07, 6.45) is 1.76. The van der Waals surface area contributed by atoms with Crippen molar-refractivity contribution < 1.29 is 9.59 Å². The highest BCUT2D eigenvalue weighted by molar-refractivity contribution is 8.00. The van der Waals surface area contributed by atoms with Gasteiger partial charge < -0.3 is 5.32 Å². The summed E-state index contributed by atoms with van der Waals surface area (Å²) in [5.41, 5.74) is 0.404. The summed E-state index contributed by atoms with van der Waals surface area (Å²) in [5, 5.41) is 10.8. The van der Waals surface area contributed by atoms with E-state index in [9.17, 15) is 14.4 Å². The number of imide groups is 1. The standard InChI is InChI=1S/C16H21N5O3S/c1-3-4-10-21-15(24)19-20-16(21)25-12(11-8-6-5-7-9-11)13(22)18-14(23)17-2/h5-9,12H,3-4,10H2,1-2H3,(H,19,24)(H2,17,18,22,23)/t12-/m0/s1. The average Bonchev–Trinajstić information content (AvgIpc) is 2.97. The molecule has 8 nitrogen and oxygen atoms in total. The van der Waals surface area contributed by atoms with E-state index >= 15 is 0 Å². The summed E-state index contributed by atoms with van der Waals surface area (Å²) in [6, 6.07) is 8.46. The van der Waals surface area contributed by atoms with Crippen LogP contribution in [-0.4, -0.2) is 33.8 Å². The van der Waals surface area contributed by atoms with Gasteiger partial charge in [0.2, 0.25) is 5.91 Å². The molecule has 0 saturated carbocycles. The van der Waals surface area contributed by atoms with Gasteiger partial charge in [0.1, 0.15) is 5.25 Å². The number of hydrogen-bond acceptors (Lipinski definition) is 5. The first kappa shape index (κ1) is 18.8. The van der Waals surface area contributed by atoms with Crippen LogP contribution in [-0.2, 0) is 11.3 Å². The molecular weight excluding hydrogens is 342 g/mol. The van der Waals surface area contributed by atoms with Crippen molar-refractivity contribution in [1.82, 2.24) is 25.4 Å². The van der Waals surface area contributed by atoms with Gasteiger partial charge in [0.05, 0.1) is 0 Å². The molecule has 1 heterocycles. The zero-order valence-electron chi connectivity index (χ0n) is 14.1. The van der Waals surface area contributed by atoms with E-state index in [2.05, 4.69) is 20.8 Å². The summed E-state index contributed by atoms with van der Waals surface area (Å²) in [6.45, 7) is 2.55. The molecule has 134 valence electrons. The summed E-state index contributed by atoms with van der Waals surface area (Å²) in [7, 11) is 1.43. The molecule has 0 bridgehead atoms. The Bertz CT molecular complexity index is 772. The van der Waals surface area contributed by atoms with Gasteiger partial charge in [-0.2, -0.15) is 0 Å². The quantitative estimate of drug-likeness (QED) is 0.648. The molecule has 0 spiro atoms. The molecule has 1 aromatic heterocycles. The predicted octanol–water partition coefficient (Wildman–Crippen LogP) is 1.66. The molecule has 0 radical (unpaired) electrons. The fourth-order valence-electron chi connectivity index (χ4n) is 2.15. The van der Waals surface area contributed by atoms with Gasteiger partial charge in [-0.15, -0.1) is 5.10 Å².